The molecule has 1 atom stereocenters. The first-order valence-corrected chi connectivity index (χ1v) is 8.41. The predicted octanol–water partition coefficient (Wildman–Crippen LogP) is 0.616. The molecule has 0 unspecified atom stereocenters. The molecule has 9 nitrogen and oxygen atoms in total. The van der Waals surface area contributed by atoms with Crippen molar-refractivity contribution < 1.29 is 23.9 Å². The van der Waals surface area contributed by atoms with Gasteiger partial charge in [0.25, 0.3) is 5.91 Å². The Hall–Kier alpha value is -2.58. The van der Waals surface area contributed by atoms with Gasteiger partial charge in [-0.1, -0.05) is 13.8 Å². The highest BCUT2D eigenvalue weighted by molar-refractivity contribution is 6.07. The van der Waals surface area contributed by atoms with Crippen LogP contribution in [0.15, 0.2) is 11.3 Å². The fourth-order valence-corrected chi connectivity index (χ4v) is 3.11. The zero-order chi connectivity index (χ0) is 18.8. The van der Waals surface area contributed by atoms with Crippen LogP contribution in [0, 0.1) is 0 Å². The van der Waals surface area contributed by atoms with Crippen molar-refractivity contribution in [3.05, 3.63) is 11.3 Å². The second-order valence-corrected chi connectivity index (χ2v) is 6.04. The van der Waals surface area contributed by atoms with Crippen molar-refractivity contribution in [2.75, 3.05) is 13.2 Å². The maximum absolute atomic E-state index is 12.7. The monoisotopic (exact) mass is 352 g/mol. The summed E-state index contributed by atoms with van der Waals surface area (Å²) in [4.78, 5) is 50.0. The van der Waals surface area contributed by atoms with E-state index in [1.165, 1.54) is 0 Å². The maximum atomic E-state index is 12.7. The van der Waals surface area contributed by atoms with E-state index in [0.29, 0.717) is 12.8 Å². The summed E-state index contributed by atoms with van der Waals surface area (Å²) in [7, 11) is 0. The number of imide groups is 1. The van der Waals surface area contributed by atoms with Gasteiger partial charge in [0.05, 0.1) is 30.5 Å². The lowest BCUT2D eigenvalue weighted by Crippen LogP contribution is -2.52. The molecule has 0 spiro atoms. The second-order valence-electron chi connectivity index (χ2n) is 6.04. The van der Waals surface area contributed by atoms with Gasteiger partial charge in [0.2, 0.25) is 0 Å². The van der Waals surface area contributed by atoms with E-state index in [1.54, 1.807) is 13.8 Å². The van der Waals surface area contributed by atoms with Crippen LogP contribution in [0.25, 0.3) is 0 Å². The van der Waals surface area contributed by atoms with Gasteiger partial charge in [-0.2, -0.15) is 0 Å². The van der Waals surface area contributed by atoms with Crippen molar-refractivity contribution in [1.29, 1.82) is 0 Å². The van der Waals surface area contributed by atoms with Gasteiger partial charge in [0.15, 0.2) is 0 Å². The molecule has 0 aromatic heterocycles. The third-order valence-electron chi connectivity index (χ3n) is 4.63. The summed E-state index contributed by atoms with van der Waals surface area (Å²) < 4.78 is 5.03. The molecule has 2 rings (SSSR count). The van der Waals surface area contributed by atoms with Crippen LogP contribution >= 0.6 is 0 Å². The largest absolute Gasteiger partial charge is 0.463 e. The molecular weight excluding hydrogens is 328 g/mol. The van der Waals surface area contributed by atoms with Gasteiger partial charge in [-0.15, -0.1) is 0 Å². The molecule has 2 aliphatic heterocycles. The van der Waals surface area contributed by atoms with Crippen LogP contribution < -0.4 is 16.0 Å². The first kappa shape index (κ1) is 18.8. The molecule has 2 aliphatic rings. The summed E-state index contributed by atoms with van der Waals surface area (Å²) in [6.45, 7) is 6.93. The molecule has 0 bridgehead atoms. The minimum atomic E-state index is -0.940. The van der Waals surface area contributed by atoms with Gasteiger partial charge in [0, 0.05) is 0 Å². The smallest absolute Gasteiger partial charge is 0.337 e. The van der Waals surface area contributed by atoms with Crippen LogP contribution in [-0.2, 0) is 14.3 Å². The third-order valence-corrected chi connectivity index (χ3v) is 4.63. The molecule has 0 saturated carbocycles. The topological polar surface area (TPSA) is 117 Å². The van der Waals surface area contributed by atoms with Crippen molar-refractivity contribution in [3.8, 4) is 0 Å². The SMILES string of the molecule is CCOC(=O)C1=C(CN2C(=O)NC(CC)(CC)C2=O)NC(=O)N[C@H]1C. The minimum absolute atomic E-state index is 0.175. The molecule has 9 heteroatoms. The van der Waals surface area contributed by atoms with E-state index in [1.807, 2.05) is 13.8 Å². The average molecular weight is 352 g/mol. The second kappa shape index (κ2) is 7.12. The number of hydrogen-bond donors (Lipinski definition) is 3. The van der Waals surface area contributed by atoms with Gasteiger partial charge in [0.1, 0.15) is 5.54 Å². The highest BCUT2D eigenvalue weighted by atomic mass is 16.5. The van der Waals surface area contributed by atoms with E-state index in [0.717, 1.165) is 4.90 Å². The molecule has 138 valence electrons. The van der Waals surface area contributed by atoms with Gasteiger partial charge >= 0.3 is 18.0 Å². The summed E-state index contributed by atoms with van der Waals surface area (Å²) in [5, 5.41) is 7.81. The van der Waals surface area contributed by atoms with Crippen LogP contribution in [0.2, 0.25) is 0 Å². The molecule has 2 heterocycles. The zero-order valence-corrected chi connectivity index (χ0v) is 14.9. The minimum Gasteiger partial charge on any atom is -0.463 e. The number of nitrogens with one attached hydrogen (secondary N) is 3. The van der Waals surface area contributed by atoms with Crippen LogP contribution in [0.4, 0.5) is 9.59 Å². The number of urea groups is 2. The molecule has 25 heavy (non-hydrogen) atoms. The van der Waals surface area contributed by atoms with Crippen molar-refractivity contribution in [1.82, 2.24) is 20.9 Å². The average Bonchev–Trinajstić information content (AvgIpc) is 2.79. The molecule has 1 saturated heterocycles. The summed E-state index contributed by atoms with van der Waals surface area (Å²) in [5.74, 6) is -0.958. The number of carbonyl (C=O) groups excluding carboxylic acids is 4. The summed E-state index contributed by atoms with van der Waals surface area (Å²) in [5.41, 5.74) is -0.543. The van der Waals surface area contributed by atoms with E-state index < -0.39 is 29.6 Å². The predicted molar refractivity (Wildman–Crippen MR) is 88.3 cm³/mol. The fourth-order valence-electron chi connectivity index (χ4n) is 3.11. The van der Waals surface area contributed by atoms with E-state index in [2.05, 4.69) is 16.0 Å². The number of nitrogens with zero attached hydrogens (tertiary/aromatic N) is 1. The number of ether oxygens (including phenoxy) is 1. The van der Waals surface area contributed by atoms with E-state index in [4.69, 9.17) is 4.74 Å². The Morgan fingerprint density at radius 2 is 1.84 bits per heavy atom. The Morgan fingerprint density at radius 3 is 2.36 bits per heavy atom. The molecule has 0 aromatic rings. The van der Waals surface area contributed by atoms with Crippen LogP contribution in [0.1, 0.15) is 40.5 Å². The van der Waals surface area contributed by atoms with Crippen molar-refractivity contribution in [3.63, 3.8) is 0 Å². The Morgan fingerprint density at radius 1 is 1.20 bits per heavy atom. The summed E-state index contributed by atoms with van der Waals surface area (Å²) in [6.07, 6.45) is 0.914. The van der Waals surface area contributed by atoms with E-state index >= 15 is 0 Å². The number of amides is 5. The molecule has 3 N–H and O–H groups in total. The first-order valence-electron chi connectivity index (χ1n) is 8.41. The normalized spacial score (nSPS) is 22.5. The lowest BCUT2D eigenvalue weighted by Gasteiger charge is -2.28. The number of carbonyl (C=O) groups is 4. The fraction of sp³-hybridized carbons (Fsp3) is 0.625. The number of rotatable bonds is 6. The maximum Gasteiger partial charge on any atom is 0.337 e. The quantitative estimate of drug-likeness (QED) is 0.478. The molecule has 0 radical (unpaired) electrons. The van der Waals surface area contributed by atoms with Gasteiger partial charge in [-0.3, -0.25) is 9.69 Å². The van der Waals surface area contributed by atoms with E-state index in [9.17, 15) is 19.2 Å². The Balaban J connectivity index is 2.36. The molecular formula is C16H24N4O5. The Kier molecular flexibility index (Phi) is 5.34. The third kappa shape index (κ3) is 3.31. The van der Waals surface area contributed by atoms with Crippen molar-refractivity contribution in [2.24, 2.45) is 0 Å². The van der Waals surface area contributed by atoms with Crippen LogP contribution in [-0.4, -0.2) is 53.6 Å². The Bertz CT molecular complexity index is 638. The molecule has 0 aliphatic carbocycles. The van der Waals surface area contributed by atoms with Crippen molar-refractivity contribution in [2.45, 2.75) is 52.1 Å². The first-order chi connectivity index (χ1) is 11.8. The standard InChI is InChI=1S/C16H24N4O5/c1-5-16(6-2)13(22)20(15(24)19-16)8-10-11(12(21)25-7-3)9(4)17-14(23)18-10/h9H,5-8H2,1-4H3,(H,19,24)(H2,17,18,23)/t9-/m0/s1. The Labute approximate surface area is 146 Å². The zero-order valence-electron chi connectivity index (χ0n) is 14.9. The van der Waals surface area contributed by atoms with Gasteiger partial charge in [-0.25, -0.2) is 14.4 Å². The lowest BCUT2D eigenvalue weighted by atomic mass is 9.93. The lowest BCUT2D eigenvalue weighted by molar-refractivity contribution is -0.139. The highest BCUT2D eigenvalue weighted by Crippen LogP contribution is 2.26. The summed E-state index contributed by atoms with van der Waals surface area (Å²) in [6, 6.07) is -1.63. The molecule has 0 aromatic carbocycles. The molecule has 5 amide bonds. The highest BCUT2D eigenvalue weighted by Gasteiger charge is 2.49. The van der Waals surface area contributed by atoms with Gasteiger partial charge < -0.3 is 20.7 Å². The number of esters is 1. The van der Waals surface area contributed by atoms with Gasteiger partial charge in [-0.05, 0) is 26.7 Å². The van der Waals surface area contributed by atoms with Crippen LogP contribution in [0.5, 0.6) is 0 Å². The van der Waals surface area contributed by atoms with Crippen molar-refractivity contribution >= 4 is 23.9 Å². The number of hydrogen-bond acceptors (Lipinski definition) is 5. The van der Waals surface area contributed by atoms with Crippen LogP contribution in [0.3, 0.4) is 0 Å². The molecule has 1 fully saturated rings. The summed E-state index contributed by atoms with van der Waals surface area (Å²) >= 11 is 0. The van der Waals surface area contributed by atoms with E-state index in [-0.39, 0.29) is 30.3 Å².